The van der Waals surface area contributed by atoms with Gasteiger partial charge in [0.15, 0.2) is 0 Å². The lowest BCUT2D eigenvalue weighted by molar-refractivity contribution is 0.515. The molecule has 1 saturated carbocycles. The van der Waals surface area contributed by atoms with Gasteiger partial charge in [-0.05, 0) is 30.9 Å². The van der Waals surface area contributed by atoms with Gasteiger partial charge in [-0.15, -0.1) is 0 Å². The van der Waals surface area contributed by atoms with Gasteiger partial charge in [-0.1, -0.05) is 25.3 Å². The van der Waals surface area contributed by atoms with Crippen molar-refractivity contribution in [1.29, 1.82) is 0 Å². The van der Waals surface area contributed by atoms with E-state index in [9.17, 15) is 0 Å². The van der Waals surface area contributed by atoms with E-state index in [1.807, 2.05) is 18.5 Å². The summed E-state index contributed by atoms with van der Waals surface area (Å²) >= 11 is 2.08. The van der Waals surface area contributed by atoms with Crippen LogP contribution in [0.1, 0.15) is 37.7 Å². The lowest BCUT2D eigenvalue weighted by Crippen LogP contribution is -2.27. The molecular weight excluding hydrogens is 228 g/mol. The third-order valence-electron chi connectivity index (χ3n) is 3.32. The van der Waals surface area contributed by atoms with Crippen molar-refractivity contribution in [3.8, 4) is 0 Å². The number of nitrogens with zero attached hydrogens (tertiary/aromatic N) is 1. The predicted octanol–water partition coefficient (Wildman–Crippen LogP) is 3.02. The lowest BCUT2D eigenvalue weighted by Gasteiger charge is -2.22. The number of aromatic nitrogens is 1. The van der Waals surface area contributed by atoms with Crippen LogP contribution in [0.4, 0.5) is 0 Å². The molecule has 1 aromatic rings. The second-order valence-electron chi connectivity index (χ2n) is 4.92. The molecule has 0 aliphatic heterocycles. The van der Waals surface area contributed by atoms with Crippen LogP contribution in [-0.4, -0.2) is 22.0 Å². The van der Waals surface area contributed by atoms with Crippen molar-refractivity contribution in [2.24, 2.45) is 5.73 Å². The predicted molar refractivity (Wildman–Crippen MR) is 75.2 cm³/mol. The largest absolute Gasteiger partial charge is 0.327 e. The van der Waals surface area contributed by atoms with Crippen LogP contribution in [0, 0.1) is 0 Å². The van der Waals surface area contributed by atoms with E-state index in [4.69, 9.17) is 5.73 Å². The van der Waals surface area contributed by atoms with E-state index >= 15 is 0 Å². The second-order valence-corrected chi connectivity index (χ2v) is 6.25. The van der Waals surface area contributed by atoms with Gasteiger partial charge in [-0.25, -0.2) is 0 Å². The van der Waals surface area contributed by atoms with E-state index in [2.05, 4.69) is 22.8 Å². The molecular formula is C14H22N2S. The zero-order valence-electron chi connectivity index (χ0n) is 10.3. The fraction of sp³-hybridized carbons (Fsp3) is 0.643. The maximum Gasteiger partial charge on any atom is 0.0300 e. The maximum absolute atomic E-state index is 6.17. The van der Waals surface area contributed by atoms with Crippen LogP contribution in [0.3, 0.4) is 0 Å². The smallest absolute Gasteiger partial charge is 0.0300 e. The van der Waals surface area contributed by atoms with Crippen LogP contribution in [0.5, 0.6) is 0 Å². The van der Waals surface area contributed by atoms with E-state index in [0.717, 1.165) is 17.4 Å². The minimum atomic E-state index is 0.270. The highest BCUT2D eigenvalue weighted by molar-refractivity contribution is 7.99. The Labute approximate surface area is 108 Å². The van der Waals surface area contributed by atoms with Gasteiger partial charge in [0.05, 0.1) is 0 Å². The molecule has 0 saturated heterocycles. The van der Waals surface area contributed by atoms with Crippen molar-refractivity contribution in [3.05, 3.63) is 30.1 Å². The molecule has 0 spiro atoms. The van der Waals surface area contributed by atoms with Gasteiger partial charge in [0.1, 0.15) is 0 Å². The monoisotopic (exact) mass is 250 g/mol. The van der Waals surface area contributed by atoms with Crippen LogP contribution in [0.25, 0.3) is 0 Å². The van der Waals surface area contributed by atoms with Gasteiger partial charge >= 0.3 is 0 Å². The molecule has 1 atom stereocenters. The number of hydrogen-bond donors (Lipinski definition) is 1. The van der Waals surface area contributed by atoms with E-state index in [1.165, 1.54) is 37.7 Å². The van der Waals surface area contributed by atoms with Gasteiger partial charge in [-0.3, -0.25) is 4.98 Å². The molecule has 1 heterocycles. The summed E-state index contributed by atoms with van der Waals surface area (Å²) in [6.07, 6.45) is 11.7. The molecule has 94 valence electrons. The average molecular weight is 250 g/mol. The highest BCUT2D eigenvalue weighted by Gasteiger charge is 2.15. The lowest BCUT2D eigenvalue weighted by atomic mass is 10.0. The fourth-order valence-electron chi connectivity index (χ4n) is 2.37. The quantitative estimate of drug-likeness (QED) is 0.873. The first kappa shape index (κ1) is 12.9. The average Bonchev–Trinajstić information content (AvgIpc) is 2.39. The highest BCUT2D eigenvalue weighted by Crippen LogP contribution is 2.28. The molecule has 0 radical (unpaired) electrons. The first-order valence-electron chi connectivity index (χ1n) is 6.60. The summed E-state index contributed by atoms with van der Waals surface area (Å²) in [7, 11) is 0. The van der Waals surface area contributed by atoms with E-state index in [1.54, 1.807) is 0 Å². The zero-order valence-corrected chi connectivity index (χ0v) is 11.2. The molecule has 2 N–H and O–H groups in total. The SMILES string of the molecule is NC(CSC1CCCCC1)Cc1cccnc1. The van der Waals surface area contributed by atoms with Crippen molar-refractivity contribution in [1.82, 2.24) is 4.98 Å². The molecule has 1 unspecified atom stereocenters. The minimum Gasteiger partial charge on any atom is -0.327 e. The molecule has 3 heteroatoms. The van der Waals surface area contributed by atoms with E-state index in [0.29, 0.717) is 0 Å². The maximum atomic E-state index is 6.17. The molecule has 2 rings (SSSR count). The van der Waals surface area contributed by atoms with Crippen LogP contribution in [0.2, 0.25) is 0 Å². The molecule has 0 bridgehead atoms. The number of pyridine rings is 1. The third-order valence-corrected chi connectivity index (χ3v) is 4.88. The molecule has 2 nitrogen and oxygen atoms in total. The minimum absolute atomic E-state index is 0.270. The molecule has 0 aromatic carbocycles. The molecule has 1 aliphatic rings. The van der Waals surface area contributed by atoms with Crippen molar-refractivity contribution >= 4 is 11.8 Å². The van der Waals surface area contributed by atoms with Gasteiger partial charge in [0, 0.05) is 29.4 Å². The van der Waals surface area contributed by atoms with Crippen molar-refractivity contribution in [3.63, 3.8) is 0 Å². The van der Waals surface area contributed by atoms with Crippen molar-refractivity contribution < 1.29 is 0 Å². The zero-order chi connectivity index (χ0) is 11.9. The Morgan fingerprint density at radius 2 is 2.18 bits per heavy atom. The topological polar surface area (TPSA) is 38.9 Å². The van der Waals surface area contributed by atoms with Crippen molar-refractivity contribution in [2.45, 2.75) is 49.8 Å². The normalized spacial score (nSPS) is 19.1. The number of rotatable bonds is 5. The third kappa shape index (κ3) is 4.68. The summed E-state index contributed by atoms with van der Waals surface area (Å²) in [6, 6.07) is 4.36. The summed E-state index contributed by atoms with van der Waals surface area (Å²) in [5.41, 5.74) is 7.43. The number of thioether (sulfide) groups is 1. The summed E-state index contributed by atoms with van der Waals surface area (Å²) in [5, 5.41) is 0.865. The molecule has 17 heavy (non-hydrogen) atoms. The Morgan fingerprint density at radius 1 is 1.35 bits per heavy atom. The van der Waals surface area contributed by atoms with Crippen LogP contribution in [0.15, 0.2) is 24.5 Å². The standard InChI is InChI=1S/C14H22N2S/c15-13(9-12-5-4-8-16-10-12)11-17-14-6-2-1-3-7-14/h4-5,8,10,13-14H,1-3,6-7,9,11,15H2. The molecule has 1 aromatic heterocycles. The summed E-state index contributed by atoms with van der Waals surface area (Å²) in [4.78, 5) is 4.13. The Hall–Kier alpha value is -0.540. The van der Waals surface area contributed by atoms with Crippen molar-refractivity contribution in [2.75, 3.05) is 5.75 Å². The van der Waals surface area contributed by atoms with Gasteiger partial charge in [0.2, 0.25) is 0 Å². The molecule has 0 amide bonds. The van der Waals surface area contributed by atoms with Crippen LogP contribution >= 0.6 is 11.8 Å². The Kier molecular flexibility index (Phi) is 5.33. The summed E-state index contributed by atoms with van der Waals surface area (Å²) < 4.78 is 0. The Balaban J connectivity index is 1.68. The Bertz CT molecular complexity index is 309. The van der Waals surface area contributed by atoms with Gasteiger partial charge < -0.3 is 5.73 Å². The van der Waals surface area contributed by atoms with Crippen LogP contribution in [-0.2, 0) is 6.42 Å². The summed E-state index contributed by atoms with van der Waals surface area (Å²) in [6.45, 7) is 0. The summed E-state index contributed by atoms with van der Waals surface area (Å²) in [5.74, 6) is 1.08. The fourth-order valence-corrected chi connectivity index (χ4v) is 3.68. The molecule has 1 aliphatic carbocycles. The number of hydrogen-bond acceptors (Lipinski definition) is 3. The van der Waals surface area contributed by atoms with Crippen LogP contribution < -0.4 is 5.73 Å². The number of nitrogens with two attached hydrogens (primary N) is 1. The Morgan fingerprint density at radius 3 is 2.88 bits per heavy atom. The van der Waals surface area contributed by atoms with E-state index < -0.39 is 0 Å². The van der Waals surface area contributed by atoms with E-state index in [-0.39, 0.29) is 6.04 Å². The first-order valence-corrected chi connectivity index (χ1v) is 7.65. The second kappa shape index (κ2) is 7.02. The van der Waals surface area contributed by atoms with Gasteiger partial charge in [-0.2, -0.15) is 11.8 Å². The highest BCUT2D eigenvalue weighted by atomic mass is 32.2. The first-order chi connectivity index (χ1) is 8.34. The molecule has 1 fully saturated rings. The van der Waals surface area contributed by atoms with Gasteiger partial charge in [0.25, 0.3) is 0 Å².